The SMILES string of the molecule is O=C(CC1CC1)c1ccccc1C(F)(F)F. The molecule has 86 valence electrons. The first-order valence-electron chi connectivity index (χ1n) is 5.18. The maximum absolute atomic E-state index is 12.6. The lowest BCUT2D eigenvalue weighted by Crippen LogP contribution is -2.13. The van der Waals surface area contributed by atoms with E-state index in [0.29, 0.717) is 5.92 Å². The first kappa shape index (κ1) is 11.2. The summed E-state index contributed by atoms with van der Waals surface area (Å²) >= 11 is 0. The Balaban J connectivity index is 2.28. The number of carbonyl (C=O) groups excluding carboxylic acids is 1. The van der Waals surface area contributed by atoms with E-state index in [9.17, 15) is 18.0 Å². The Labute approximate surface area is 91.3 Å². The average molecular weight is 228 g/mol. The van der Waals surface area contributed by atoms with Gasteiger partial charge >= 0.3 is 6.18 Å². The molecular weight excluding hydrogens is 217 g/mol. The van der Waals surface area contributed by atoms with Gasteiger partial charge in [-0.1, -0.05) is 18.2 Å². The molecule has 0 heterocycles. The van der Waals surface area contributed by atoms with E-state index in [1.807, 2.05) is 0 Å². The lowest BCUT2D eigenvalue weighted by molar-refractivity contribution is -0.137. The topological polar surface area (TPSA) is 17.1 Å². The van der Waals surface area contributed by atoms with Crippen LogP contribution in [0.25, 0.3) is 0 Å². The molecule has 0 bridgehead atoms. The van der Waals surface area contributed by atoms with Crippen LogP contribution in [0.5, 0.6) is 0 Å². The van der Waals surface area contributed by atoms with E-state index in [-0.39, 0.29) is 12.0 Å². The standard InChI is InChI=1S/C12H11F3O/c13-12(14,15)10-4-2-1-3-9(10)11(16)7-8-5-6-8/h1-4,8H,5-7H2. The molecule has 1 aromatic carbocycles. The fraction of sp³-hybridized carbons (Fsp3) is 0.417. The highest BCUT2D eigenvalue weighted by Gasteiger charge is 2.35. The molecule has 1 nitrogen and oxygen atoms in total. The van der Waals surface area contributed by atoms with Gasteiger partial charge in [0.15, 0.2) is 5.78 Å². The Hall–Kier alpha value is -1.32. The van der Waals surface area contributed by atoms with E-state index in [0.717, 1.165) is 18.9 Å². The van der Waals surface area contributed by atoms with Crippen LogP contribution in [0.1, 0.15) is 35.2 Å². The molecular formula is C12H11F3O. The van der Waals surface area contributed by atoms with Crippen LogP contribution in [-0.2, 0) is 6.18 Å². The first-order chi connectivity index (χ1) is 7.48. The van der Waals surface area contributed by atoms with Gasteiger partial charge in [-0.2, -0.15) is 13.2 Å². The molecule has 16 heavy (non-hydrogen) atoms. The molecule has 0 aromatic heterocycles. The molecule has 0 atom stereocenters. The number of alkyl halides is 3. The lowest BCUT2D eigenvalue weighted by atomic mass is 10.00. The number of hydrogen-bond acceptors (Lipinski definition) is 1. The van der Waals surface area contributed by atoms with Crippen molar-refractivity contribution in [1.82, 2.24) is 0 Å². The van der Waals surface area contributed by atoms with Crippen molar-refractivity contribution in [2.45, 2.75) is 25.4 Å². The molecule has 1 aromatic rings. The number of Topliss-reactive ketones (excluding diaryl/α,β-unsaturated/α-hetero) is 1. The summed E-state index contributed by atoms with van der Waals surface area (Å²) in [5, 5.41) is 0. The largest absolute Gasteiger partial charge is 0.417 e. The number of hydrogen-bond donors (Lipinski definition) is 0. The van der Waals surface area contributed by atoms with Gasteiger partial charge in [0.05, 0.1) is 5.56 Å². The third-order valence-corrected chi connectivity index (χ3v) is 2.70. The first-order valence-corrected chi connectivity index (χ1v) is 5.18. The fourth-order valence-corrected chi connectivity index (χ4v) is 1.67. The van der Waals surface area contributed by atoms with Crippen LogP contribution in [0.3, 0.4) is 0 Å². The van der Waals surface area contributed by atoms with Crippen LogP contribution in [-0.4, -0.2) is 5.78 Å². The van der Waals surface area contributed by atoms with Crippen LogP contribution in [0.4, 0.5) is 13.2 Å². The molecule has 0 amide bonds. The normalized spacial score (nSPS) is 16.2. The zero-order chi connectivity index (χ0) is 11.8. The summed E-state index contributed by atoms with van der Waals surface area (Å²) in [7, 11) is 0. The van der Waals surface area contributed by atoms with Crippen LogP contribution < -0.4 is 0 Å². The Bertz CT molecular complexity index is 405. The fourth-order valence-electron chi connectivity index (χ4n) is 1.67. The van der Waals surface area contributed by atoms with E-state index < -0.39 is 17.5 Å². The average Bonchev–Trinajstić information content (AvgIpc) is 3.00. The minimum atomic E-state index is -4.45. The molecule has 1 saturated carbocycles. The second-order valence-electron chi connectivity index (χ2n) is 4.11. The number of halogens is 3. The zero-order valence-electron chi connectivity index (χ0n) is 8.55. The Morgan fingerprint density at radius 1 is 1.25 bits per heavy atom. The quantitative estimate of drug-likeness (QED) is 0.721. The van der Waals surface area contributed by atoms with Crippen molar-refractivity contribution in [2.24, 2.45) is 5.92 Å². The van der Waals surface area contributed by atoms with Gasteiger partial charge in [-0.3, -0.25) is 4.79 Å². The molecule has 0 saturated heterocycles. The lowest BCUT2D eigenvalue weighted by Gasteiger charge is -2.11. The van der Waals surface area contributed by atoms with Gasteiger partial charge in [0.1, 0.15) is 0 Å². The highest BCUT2D eigenvalue weighted by molar-refractivity contribution is 5.97. The van der Waals surface area contributed by atoms with Gasteiger partial charge < -0.3 is 0 Å². The van der Waals surface area contributed by atoms with Crippen LogP contribution in [0, 0.1) is 5.92 Å². The van der Waals surface area contributed by atoms with Crippen LogP contribution in [0.2, 0.25) is 0 Å². The highest BCUT2D eigenvalue weighted by Crippen LogP contribution is 2.36. The van der Waals surface area contributed by atoms with Gasteiger partial charge in [-0.05, 0) is 24.8 Å². The Morgan fingerprint density at radius 3 is 2.44 bits per heavy atom. The van der Waals surface area contributed by atoms with E-state index >= 15 is 0 Å². The maximum Gasteiger partial charge on any atom is 0.417 e. The molecule has 0 spiro atoms. The second kappa shape index (κ2) is 3.92. The van der Waals surface area contributed by atoms with Crippen molar-refractivity contribution in [3.8, 4) is 0 Å². The van der Waals surface area contributed by atoms with E-state index in [4.69, 9.17) is 0 Å². The predicted octanol–water partition coefficient (Wildman–Crippen LogP) is 3.69. The number of benzene rings is 1. The van der Waals surface area contributed by atoms with Gasteiger partial charge in [-0.15, -0.1) is 0 Å². The van der Waals surface area contributed by atoms with Crippen molar-refractivity contribution in [2.75, 3.05) is 0 Å². The second-order valence-corrected chi connectivity index (χ2v) is 4.11. The molecule has 0 unspecified atom stereocenters. The number of carbonyl (C=O) groups is 1. The molecule has 0 radical (unpaired) electrons. The monoisotopic (exact) mass is 228 g/mol. The molecule has 0 N–H and O–H groups in total. The van der Waals surface area contributed by atoms with Gasteiger partial charge in [0.25, 0.3) is 0 Å². The summed E-state index contributed by atoms with van der Waals surface area (Å²) in [4.78, 5) is 11.7. The van der Waals surface area contributed by atoms with Crippen molar-refractivity contribution in [3.63, 3.8) is 0 Å². The van der Waals surface area contributed by atoms with Crippen LogP contribution >= 0.6 is 0 Å². The summed E-state index contributed by atoms with van der Waals surface area (Å²) in [6.45, 7) is 0. The van der Waals surface area contributed by atoms with E-state index in [1.54, 1.807) is 0 Å². The van der Waals surface area contributed by atoms with Crippen LogP contribution in [0.15, 0.2) is 24.3 Å². The molecule has 2 rings (SSSR count). The van der Waals surface area contributed by atoms with E-state index in [1.165, 1.54) is 18.2 Å². The predicted molar refractivity (Wildman–Crippen MR) is 53.1 cm³/mol. The Morgan fingerprint density at radius 2 is 1.88 bits per heavy atom. The minimum absolute atomic E-state index is 0.193. The van der Waals surface area contributed by atoms with Gasteiger partial charge in [0, 0.05) is 12.0 Å². The highest BCUT2D eigenvalue weighted by atomic mass is 19.4. The third kappa shape index (κ3) is 2.43. The summed E-state index contributed by atoms with van der Waals surface area (Å²) < 4.78 is 37.8. The number of rotatable bonds is 3. The molecule has 4 heteroatoms. The molecule has 0 aliphatic heterocycles. The Kier molecular flexibility index (Phi) is 2.74. The van der Waals surface area contributed by atoms with Crippen molar-refractivity contribution >= 4 is 5.78 Å². The van der Waals surface area contributed by atoms with E-state index in [2.05, 4.69) is 0 Å². The molecule has 1 aliphatic rings. The van der Waals surface area contributed by atoms with Gasteiger partial charge in [0.2, 0.25) is 0 Å². The summed E-state index contributed by atoms with van der Waals surface area (Å²) in [6, 6.07) is 4.99. The third-order valence-electron chi connectivity index (χ3n) is 2.70. The summed E-state index contributed by atoms with van der Waals surface area (Å²) in [6.07, 6.45) is -2.29. The zero-order valence-corrected chi connectivity index (χ0v) is 8.55. The van der Waals surface area contributed by atoms with Crippen molar-refractivity contribution in [3.05, 3.63) is 35.4 Å². The molecule has 1 aliphatic carbocycles. The number of ketones is 1. The van der Waals surface area contributed by atoms with Crippen molar-refractivity contribution < 1.29 is 18.0 Å². The van der Waals surface area contributed by atoms with Crippen molar-refractivity contribution in [1.29, 1.82) is 0 Å². The molecule has 1 fully saturated rings. The minimum Gasteiger partial charge on any atom is -0.294 e. The summed E-state index contributed by atoms with van der Waals surface area (Å²) in [5.41, 5.74) is -1.01. The maximum atomic E-state index is 12.6. The van der Waals surface area contributed by atoms with Gasteiger partial charge in [-0.25, -0.2) is 0 Å². The summed E-state index contributed by atoms with van der Waals surface area (Å²) in [5.74, 6) is -0.0933. The smallest absolute Gasteiger partial charge is 0.294 e.